The third-order valence-corrected chi connectivity index (χ3v) is 1.94. The molecule has 2 nitrogen and oxygen atoms in total. The van der Waals surface area contributed by atoms with Crippen LogP contribution in [0.25, 0.3) is 0 Å². The average Bonchev–Trinajstić information content (AvgIpc) is 2.04. The smallest absolute Gasteiger partial charge is 0.0908 e. The number of aliphatic hydroxyl groups excluding tert-OH is 1. The quantitative estimate of drug-likeness (QED) is 0.630. The Morgan fingerprint density at radius 1 is 1.45 bits per heavy atom. The summed E-state index contributed by atoms with van der Waals surface area (Å²) in [5, 5.41) is 8.99. The average molecular weight is 181 g/mol. The highest BCUT2D eigenvalue weighted by atomic mass is 35.5. The van der Waals surface area contributed by atoms with Crippen molar-refractivity contribution in [1.29, 1.82) is 0 Å². The minimum atomic E-state index is -0.513. The molecule has 0 heterocycles. The molecule has 0 bridgehead atoms. The maximum absolute atomic E-state index is 8.99. The van der Waals surface area contributed by atoms with Crippen LogP contribution in [0, 0.1) is 5.92 Å². The predicted molar refractivity (Wildman–Crippen MR) is 47.0 cm³/mol. The molecule has 2 unspecified atom stereocenters. The highest BCUT2D eigenvalue weighted by molar-refractivity contribution is 6.18. The highest BCUT2D eigenvalue weighted by Gasteiger charge is 2.03. The first kappa shape index (κ1) is 11.2. The molecule has 0 aliphatic carbocycles. The van der Waals surface area contributed by atoms with E-state index in [2.05, 4.69) is 13.8 Å². The molecule has 3 heteroatoms. The molecule has 0 aromatic carbocycles. The molecular weight excluding hydrogens is 164 g/mol. The second-order valence-electron chi connectivity index (χ2n) is 2.86. The van der Waals surface area contributed by atoms with Crippen LogP contribution < -0.4 is 0 Å². The number of rotatable bonds is 6. The van der Waals surface area contributed by atoms with E-state index in [9.17, 15) is 0 Å². The van der Waals surface area contributed by atoms with Crippen molar-refractivity contribution >= 4 is 11.6 Å². The van der Waals surface area contributed by atoms with Crippen molar-refractivity contribution in [2.24, 2.45) is 5.92 Å². The Morgan fingerprint density at radius 2 is 2.09 bits per heavy atom. The van der Waals surface area contributed by atoms with Crippen LogP contribution in [0.15, 0.2) is 0 Å². The molecule has 0 rings (SSSR count). The summed E-state index contributed by atoms with van der Waals surface area (Å²) in [6.07, 6.45) is 0.595. The molecule has 0 amide bonds. The molecule has 0 aliphatic heterocycles. The number of hydrogen-bond donors (Lipinski definition) is 1. The van der Waals surface area contributed by atoms with Gasteiger partial charge in [0.05, 0.1) is 18.6 Å². The van der Waals surface area contributed by atoms with Crippen molar-refractivity contribution in [3.05, 3.63) is 0 Å². The van der Waals surface area contributed by atoms with Crippen molar-refractivity contribution in [2.45, 2.75) is 26.4 Å². The zero-order valence-corrected chi connectivity index (χ0v) is 7.97. The van der Waals surface area contributed by atoms with Crippen LogP contribution in [0.5, 0.6) is 0 Å². The van der Waals surface area contributed by atoms with E-state index in [0.717, 1.165) is 6.42 Å². The zero-order chi connectivity index (χ0) is 8.69. The van der Waals surface area contributed by atoms with Crippen LogP contribution in [-0.4, -0.2) is 30.3 Å². The fourth-order valence-corrected chi connectivity index (χ4v) is 0.657. The standard InChI is InChI=1S/C8H17ClO2/c1-3-7(2)5-11-6-8(10)4-9/h7-8,10H,3-6H2,1-2H3. The fourth-order valence-electron chi connectivity index (χ4n) is 0.568. The molecule has 0 aromatic rings. The lowest BCUT2D eigenvalue weighted by Gasteiger charge is -2.11. The van der Waals surface area contributed by atoms with Gasteiger partial charge in [0.2, 0.25) is 0 Å². The van der Waals surface area contributed by atoms with Gasteiger partial charge in [0.25, 0.3) is 0 Å². The van der Waals surface area contributed by atoms with Gasteiger partial charge in [0.1, 0.15) is 0 Å². The van der Waals surface area contributed by atoms with Crippen LogP contribution in [-0.2, 0) is 4.74 Å². The first-order valence-corrected chi connectivity index (χ1v) is 4.55. The van der Waals surface area contributed by atoms with E-state index < -0.39 is 6.10 Å². The van der Waals surface area contributed by atoms with E-state index in [0.29, 0.717) is 19.1 Å². The number of ether oxygens (including phenoxy) is 1. The fraction of sp³-hybridized carbons (Fsp3) is 1.00. The van der Waals surface area contributed by atoms with Crippen LogP contribution in [0.3, 0.4) is 0 Å². The normalized spacial score (nSPS) is 16.4. The number of alkyl halides is 1. The van der Waals surface area contributed by atoms with Crippen molar-refractivity contribution in [3.63, 3.8) is 0 Å². The number of aliphatic hydroxyl groups is 1. The van der Waals surface area contributed by atoms with Crippen LogP contribution >= 0.6 is 11.6 Å². The van der Waals surface area contributed by atoms with Crippen molar-refractivity contribution in [2.75, 3.05) is 19.1 Å². The molecule has 0 fully saturated rings. The molecule has 0 spiro atoms. The lowest BCUT2D eigenvalue weighted by Crippen LogP contribution is -2.18. The third-order valence-electron chi connectivity index (χ3n) is 1.59. The second-order valence-corrected chi connectivity index (χ2v) is 3.17. The predicted octanol–water partition coefficient (Wildman–Crippen LogP) is 1.65. The Morgan fingerprint density at radius 3 is 2.55 bits per heavy atom. The van der Waals surface area contributed by atoms with Crippen LogP contribution in [0.2, 0.25) is 0 Å². The Labute approximate surface area is 73.5 Å². The summed E-state index contributed by atoms with van der Waals surface area (Å²) in [7, 11) is 0. The van der Waals surface area contributed by atoms with Gasteiger partial charge in [-0.15, -0.1) is 11.6 Å². The lowest BCUT2D eigenvalue weighted by molar-refractivity contribution is 0.0328. The van der Waals surface area contributed by atoms with E-state index >= 15 is 0 Å². The Bertz CT molecular complexity index is 78.2. The van der Waals surface area contributed by atoms with Crippen molar-refractivity contribution in [3.8, 4) is 0 Å². The van der Waals surface area contributed by atoms with Gasteiger partial charge in [-0.25, -0.2) is 0 Å². The van der Waals surface area contributed by atoms with Gasteiger partial charge in [0.15, 0.2) is 0 Å². The van der Waals surface area contributed by atoms with Gasteiger partial charge in [-0.05, 0) is 5.92 Å². The topological polar surface area (TPSA) is 29.5 Å². The number of halogens is 1. The van der Waals surface area contributed by atoms with Gasteiger partial charge in [0, 0.05) is 6.61 Å². The molecule has 11 heavy (non-hydrogen) atoms. The first-order valence-electron chi connectivity index (χ1n) is 4.02. The zero-order valence-electron chi connectivity index (χ0n) is 7.22. The van der Waals surface area contributed by atoms with E-state index in [1.165, 1.54) is 0 Å². The van der Waals surface area contributed by atoms with Gasteiger partial charge in [-0.2, -0.15) is 0 Å². The van der Waals surface area contributed by atoms with Crippen molar-refractivity contribution in [1.82, 2.24) is 0 Å². The molecule has 0 aliphatic rings. The van der Waals surface area contributed by atoms with Gasteiger partial charge < -0.3 is 9.84 Å². The second kappa shape index (κ2) is 6.89. The molecular formula is C8H17ClO2. The summed E-state index contributed by atoms with van der Waals surface area (Å²) in [4.78, 5) is 0. The molecule has 2 atom stereocenters. The summed E-state index contributed by atoms with van der Waals surface area (Å²) >= 11 is 5.37. The van der Waals surface area contributed by atoms with Gasteiger partial charge in [-0.1, -0.05) is 20.3 Å². The van der Waals surface area contributed by atoms with Crippen LogP contribution in [0.1, 0.15) is 20.3 Å². The molecule has 0 aromatic heterocycles. The summed E-state index contributed by atoms with van der Waals surface area (Å²) < 4.78 is 5.20. The molecule has 1 N–H and O–H groups in total. The number of hydrogen-bond acceptors (Lipinski definition) is 2. The lowest BCUT2D eigenvalue weighted by atomic mass is 10.1. The minimum absolute atomic E-state index is 0.251. The van der Waals surface area contributed by atoms with E-state index in [4.69, 9.17) is 21.4 Å². The van der Waals surface area contributed by atoms with E-state index in [1.807, 2.05) is 0 Å². The van der Waals surface area contributed by atoms with E-state index in [-0.39, 0.29) is 5.88 Å². The van der Waals surface area contributed by atoms with Gasteiger partial charge in [-0.3, -0.25) is 0 Å². The molecule has 0 saturated heterocycles. The molecule has 68 valence electrons. The summed E-state index contributed by atoms with van der Waals surface area (Å²) in [5.41, 5.74) is 0. The van der Waals surface area contributed by atoms with Crippen molar-refractivity contribution < 1.29 is 9.84 Å². The largest absolute Gasteiger partial charge is 0.389 e. The van der Waals surface area contributed by atoms with Crippen LogP contribution in [0.4, 0.5) is 0 Å². The summed E-state index contributed by atoms with van der Waals surface area (Å²) in [6, 6.07) is 0. The summed E-state index contributed by atoms with van der Waals surface area (Å²) in [6.45, 7) is 5.30. The minimum Gasteiger partial charge on any atom is -0.389 e. The maximum Gasteiger partial charge on any atom is 0.0908 e. The maximum atomic E-state index is 8.99. The summed E-state index contributed by atoms with van der Waals surface area (Å²) in [5.74, 6) is 0.818. The Hall–Kier alpha value is 0.210. The SMILES string of the molecule is CCC(C)COCC(O)CCl. The monoisotopic (exact) mass is 180 g/mol. The molecule has 0 radical (unpaired) electrons. The molecule has 0 saturated carbocycles. The first-order chi connectivity index (χ1) is 5.20. The van der Waals surface area contributed by atoms with Gasteiger partial charge >= 0.3 is 0 Å². The Balaban J connectivity index is 3.13. The van der Waals surface area contributed by atoms with E-state index in [1.54, 1.807) is 0 Å². The third kappa shape index (κ3) is 6.60. The Kier molecular flexibility index (Phi) is 7.02. The highest BCUT2D eigenvalue weighted by Crippen LogP contribution is 2.01.